The quantitative estimate of drug-likeness (QED) is 0.781. The number of fused-ring (bicyclic) bond motifs is 3. The predicted molar refractivity (Wildman–Crippen MR) is 90.2 cm³/mol. The van der Waals surface area contributed by atoms with Gasteiger partial charge in [-0.3, -0.25) is 18.5 Å². The van der Waals surface area contributed by atoms with Crippen molar-refractivity contribution in [2.45, 2.75) is 39.9 Å². The van der Waals surface area contributed by atoms with Crippen molar-refractivity contribution in [1.29, 1.82) is 0 Å². The molecule has 1 aliphatic heterocycles. The van der Waals surface area contributed by atoms with E-state index in [1.165, 1.54) is 15.2 Å². The van der Waals surface area contributed by atoms with E-state index in [0.717, 1.165) is 5.71 Å². The Morgan fingerprint density at radius 1 is 1.35 bits per heavy atom. The van der Waals surface area contributed by atoms with Crippen molar-refractivity contribution in [3.63, 3.8) is 0 Å². The molecule has 0 atom stereocenters. The van der Waals surface area contributed by atoms with Gasteiger partial charge in [0.05, 0.1) is 18.3 Å². The van der Waals surface area contributed by atoms with E-state index in [1.807, 2.05) is 25.3 Å². The van der Waals surface area contributed by atoms with Crippen LogP contribution in [0, 0.1) is 0 Å². The van der Waals surface area contributed by atoms with Crippen LogP contribution < -0.4 is 16.3 Å². The molecular weight excluding hydrogens is 296 g/mol. The van der Waals surface area contributed by atoms with Gasteiger partial charge in [0.15, 0.2) is 11.2 Å². The van der Waals surface area contributed by atoms with Gasteiger partial charge in [-0.1, -0.05) is 6.08 Å². The van der Waals surface area contributed by atoms with Gasteiger partial charge in [0.25, 0.3) is 5.56 Å². The molecule has 0 amide bonds. The molecule has 0 bridgehead atoms. The zero-order valence-electron chi connectivity index (χ0n) is 13.8. The Morgan fingerprint density at radius 3 is 2.65 bits per heavy atom. The predicted octanol–water partition coefficient (Wildman–Crippen LogP) is 0.687. The molecule has 23 heavy (non-hydrogen) atoms. The Balaban J connectivity index is 2.42. The number of aryl methyl sites for hydroxylation is 1. The van der Waals surface area contributed by atoms with Gasteiger partial charge in [0.1, 0.15) is 0 Å². The highest BCUT2D eigenvalue weighted by molar-refractivity contribution is 5.87. The Kier molecular flexibility index (Phi) is 3.46. The van der Waals surface area contributed by atoms with Crippen LogP contribution in [0.25, 0.3) is 11.2 Å². The lowest BCUT2D eigenvalue weighted by Gasteiger charge is -2.27. The minimum absolute atomic E-state index is 0.0910. The Hall–Kier alpha value is -2.64. The van der Waals surface area contributed by atoms with Crippen LogP contribution in [-0.4, -0.2) is 30.4 Å². The van der Waals surface area contributed by atoms with Crippen LogP contribution >= 0.6 is 0 Å². The SMILES string of the molecule is C=CCn1c(=O)c2c(nc3n2CC(C)=NN3C(C)C)n(C)c1=O. The van der Waals surface area contributed by atoms with Gasteiger partial charge >= 0.3 is 5.69 Å². The second kappa shape index (κ2) is 5.22. The highest BCUT2D eigenvalue weighted by Crippen LogP contribution is 2.25. The zero-order chi connectivity index (χ0) is 16.9. The number of hydrogen-bond acceptors (Lipinski definition) is 5. The molecular formula is C15H20N6O2. The smallest absolute Gasteiger partial charge is 0.297 e. The summed E-state index contributed by atoms with van der Waals surface area (Å²) in [6.07, 6.45) is 1.54. The summed E-state index contributed by atoms with van der Waals surface area (Å²) in [6, 6.07) is 0.0910. The number of allylic oxidation sites excluding steroid dienone is 1. The molecule has 2 aromatic rings. The molecule has 0 spiro atoms. The first-order valence-electron chi connectivity index (χ1n) is 7.51. The molecule has 3 heterocycles. The molecule has 2 aromatic heterocycles. The van der Waals surface area contributed by atoms with Gasteiger partial charge in [-0.2, -0.15) is 10.1 Å². The molecule has 0 radical (unpaired) electrons. The lowest BCUT2D eigenvalue weighted by atomic mass is 10.3. The molecule has 122 valence electrons. The summed E-state index contributed by atoms with van der Waals surface area (Å²) >= 11 is 0. The maximum Gasteiger partial charge on any atom is 0.332 e. The largest absolute Gasteiger partial charge is 0.332 e. The molecule has 8 nitrogen and oxygen atoms in total. The molecule has 1 aliphatic rings. The number of hydrazone groups is 1. The van der Waals surface area contributed by atoms with Gasteiger partial charge in [0.2, 0.25) is 5.95 Å². The summed E-state index contributed by atoms with van der Waals surface area (Å²) in [6.45, 7) is 10.2. The first-order chi connectivity index (χ1) is 10.9. The third-order valence-electron chi connectivity index (χ3n) is 3.88. The molecule has 8 heteroatoms. The van der Waals surface area contributed by atoms with E-state index in [1.54, 1.807) is 12.1 Å². The van der Waals surface area contributed by atoms with E-state index in [-0.39, 0.29) is 18.1 Å². The Morgan fingerprint density at radius 2 is 2.04 bits per heavy atom. The first kappa shape index (κ1) is 15.3. The normalized spacial score (nSPS) is 14.3. The van der Waals surface area contributed by atoms with Gasteiger partial charge in [-0.25, -0.2) is 9.80 Å². The van der Waals surface area contributed by atoms with E-state index in [0.29, 0.717) is 23.7 Å². The second-order valence-corrected chi connectivity index (χ2v) is 5.99. The first-order valence-corrected chi connectivity index (χ1v) is 7.51. The molecule has 0 unspecified atom stereocenters. The standard InChI is InChI=1S/C15H20N6O2/c1-6-7-19-13(22)11-12(18(5)15(19)23)16-14-20(11)8-10(4)17-21(14)9(2)3/h6,9H,1,7-8H2,2-5H3. The number of nitrogens with zero attached hydrogens (tertiary/aromatic N) is 6. The van der Waals surface area contributed by atoms with Crippen molar-refractivity contribution in [3.05, 3.63) is 33.5 Å². The highest BCUT2D eigenvalue weighted by Gasteiger charge is 2.27. The van der Waals surface area contributed by atoms with E-state index in [4.69, 9.17) is 0 Å². The topological polar surface area (TPSA) is 77.4 Å². The molecule has 0 saturated heterocycles. The lowest BCUT2D eigenvalue weighted by Crippen LogP contribution is -2.40. The number of imidazole rings is 1. The van der Waals surface area contributed by atoms with Crippen molar-refractivity contribution < 1.29 is 0 Å². The summed E-state index contributed by atoms with van der Waals surface area (Å²) in [5, 5.41) is 6.29. The second-order valence-electron chi connectivity index (χ2n) is 5.99. The van der Waals surface area contributed by atoms with Crippen molar-refractivity contribution >= 4 is 22.8 Å². The van der Waals surface area contributed by atoms with Crippen LogP contribution in [0.3, 0.4) is 0 Å². The van der Waals surface area contributed by atoms with Crippen molar-refractivity contribution in [2.75, 3.05) is 5.01 Å². The summed E-state index contributed by atoms with van der Waals surface area (Å²) in [5.41, 5.74) is 0.940. The van der Waals surface area contributed by atoms with Gasteiger partial charge in [0, 0.05) is 13.6 Å². The van der Waals surface area contributed by atoms with Crippen molar-refractivity contribution in [3.8, 4) is 0 Å². The van der Waals surface area contributed by atoms with Crippen LogP contribution in [-0.2, 0) is 20.1 Å². The van der Waals surface area contributed by atoms with Crippen LogP contribution in [0.2, 0.25) is 0 Å². The van der Waals surface area contributed by atoms with Gasteiger partial charge in [-0.05, 0) is 20.8 Å². The fraction of sp³-hybridized carbons (Fsp3) is 0.467. The minimum atomic E-state index is -0.397. The van der Waals surface area contributed by atoms with Crippen LogP contribution in [0.5, 0.6) is 0 Å². The third-order valence-corrected chi connectivity index (χ3v) is 3.88. The van der Waals surface area contributed by atoms with E-state index in [2.05, 4.69) is 16.7 Å². The van der Waals surface area contributed by atoms with Gasteiger partial charge < -0.3 is 0 Å². The maximum atomic E-state index is 12.8. The summed E-state index contributed by atoms with van der Waals surface area (Å²) < 4.78 is 4.41. The van der Waals surface area contributed by atoms with Crippen LogP contribution in [0.15, 0.2) is 27.3 Å². The van der Waals surface area contributed by atoms with E-state index in [9.17, 15) is 9.59 Å². The zero-order valence-corrected chi connectivity index (χ0v) is 13.8. The lowest BCUT2D eigenvalue weighted by molar-refractivity contribution is 0.642. The molecule has 3 rings (SSSR count). The van der Waals surface area contributed by atoms with Crippen LogP contribution in [0.1, 0.15) is 20.8 Å². The molecule has 0 saturated carbocycles. The van der Waals surface area contributed by atoms with Crippen LogP contribution in [0.4, 0.5) is 5.95 Å². The highest BCUT2D eigenvalue weighted by atomic mass is 16.2. The number of rotatable bonds is 3. The Bertz CT molecular complexity index is 943. The Labute approximate surface area is 133 Å². The van der Waals surface area contributed by atoms with E-state index >= 15 is 0 Å². The molecule has 0 aliphatic carbocycles. The number of aromatic nitrogens is 4. The summed E-state index contributed by atoms with van der Waals surface area (Å²) in [5.74, 6) is 0.587. The number of anilines is 1. The molecule has 0 fully saturated rings. The van der Waals surface area contributed by atoms with Gasteiger partial charge in [-0.15, -0.1) is 6.58 Å². The summed E-state index contributed by atoms with van der Waals surface area (Å²) in [4.78, 5) is 29.7. The average molecular weight is 316 g/mol. The molecule has 0 N–H and O–H groups in total. The third kappa shape index (κ3) is 2.13. The minimum Gasteiger partial charge on any atom is -0.297 e. The van der Waals surface area contributed by atoms with Crippen molar-refractivity contribution in [1.82, 2.24) is 18.7 Å². The monoisotopic (exact) mass is 316 g/mol. The average Bonchev–Trinajstić information content (AvgIpc) is 2.87. The maximum absolute atomic E-state index is 12.8. The van der Waals surface area contributed by atoms with E-state index < -0.39 is 5.69 Å². The fourth-order valence-electron chi connectivity index (χ4n) is 2.81. The molecule has 0 aromatic carbocycles. The van der Waals surface area contributed by atoms with Crippen molar-refractivity contribution in [2.24, 2.45) is 12.1 Å². The fourth-order valence-corrected chi connectivity index (χ4v) is 2.81. The summed E-state index contributed by atoms with van der Waals surface area (Å²) in [7, 11) is 1.62. The number of hydrogen-bond donors (Lipinski definition) is 0.